The summed E-state index contributed by atoms with van der Waals surface area (Å²) in [5.74, 6) is 0.227. The number of carbonyl (C=O) groups is 2. The maximum atomic E-state index is 13.0. The van der Waals surface area contributed by atoms with E-state index < -0.39 is 0 Å². The number of ether oxygens (including phenoxy) is 1. The molecule has 1 aromatic heterocycles. The van der Waals surface area contributed by atoms with Crippen LogP contribution in [-0.2, 0) is 16.6 Å². The van der Waals surface area contributed by atoms with Crippen LogP contribution in [0.4, 0.5) is 5.69 Å². The zero-order chi connectivity index (χ0) is 25.8. The topological polar surface area (TPSA) is 85.6 Å². The minimum Gasteiger partial charge on any atom is -0.497 e. The van der Waals surface area contributed by atoms with E-state index in [1.165, 1.54) is 21.3 Å². The van der Waals surface area contributed by atoms with E-state index in [0.717, 1.165) is 5.56 Å². The minimum atomic E-state index is -0.297. The van der Waals surface area contributed by atoms with Gasteiger partial charge in [0.25, 0.3) is 11.5 Å². The molecule has 0 spiro atoms. The Bertz CT molecular complexity index is 1410. The number of hydrogen-bond donors (Lipinski definition) is 1. The van der Waals surface area contributed by atoms with Crippen LogP contribution in [-0.4, -0.2) is 44.1 Å². The first-order chi connectivity index (χ1) is 17.3. The van der Waals surface area contributed by atoms with Crippen molar-refractivity contribution in [3.8, 4) is 11.4 Å². The Hall–Kier alpha value is -3.63. The summed E-state index contributed by atoms with van der Waals surface area (Å²) in [6, 6.07) is 16.7. The van der Waals surface area contributed by atoms with Crippen molar-refractivity contribution in [2.75, 3.05) is 19.0 Å². The number of nitrogens with zero attached hydrogens (tertiary/aromatic N) is 3. The van der Waals surface area contributed by atoms with Gasteiger partial charge in [-0.3, -0.25) is 24.0 Å². The molecule has 1 saturated heterocycles. The van der Waals surface area contributed by atoms with Crippen molar-refractivity contribution in [3.05, 3.63) is 81.1 Å². The van der Waals surface area contributed by atoms with Crippen LogP contribution < -0.4 is 15.6 Å². The first-order valence-corrected chi connectivity index (χ1v) is 12.6. The normalized spacial score (nSPS) is 14.5. The molecule has 0 bridgehead atoms. The molecule has 2 heterocycles. The fourth-order valence-electron chi connectivity index (χ4n) is 3.89. The lowest BCUT2D eigenvalue weighted by molar-refractivity contribution is -0.122. The number of aromatic nitrogens is 2. The van der Waals surface area contributed by atoms with Crippen LogP contribution in [0.3, 0.4) is 0 Å². The highest BCUT2D eigenvalue weighted by molar-refractivity contribution is 8.26. The smallest absolute Gasteiger partial charge is 0.295 e. The second kappa shape index (κ2) is 11.0. The van der Waals surface area contributed by atoms with Gasteiger partial charge in [-0.2, -0.15) is 0 Å². The first kappa shape index (κ1) is 25.5. The van der Waals surface area contributed by atoms with Gasteiger partial charge < -0.3 is 10.1 Å². The molecule has 0 radical (unpaired) electrons. The SMILES string of the molecule is COc1cccc(/C=C2\SC(=S)N(CCCC(=O)Nc3c(C)n(C)n(-c4ccccc4)c3=O)C2=O)c1. The molecule has 4 rings (SSSR count). The summed E-state index contributed by atoms with van der Waals surface area (Å²) in [7, 11) is 3.36. The molecule has 1 aliphatic heterocycles. The summed E-state index contributed by atoms with van der Waals surface area (Å²) in [6.45, 7) is 2.10. The summed E-state index contributed by atoms with van der Waals surface area (Å²) < 4.78 is 8.92. The maximum absolute atomic E-state index is 13.0. The average molecular weight is 523 g/mol. The number of methoxy groups -OCH3 is 1. The Morgan fingerprint density at radius 1 is 1.14 bits per heavy atom. The molecule has 10 heteroatoms. The standard InChI is InChI=1S/C26H26N4O4S2/c1-17-23(25(33)30(28(17)2)19-10-5-4-6-11-19)27-22(31)13-8-14-29-24(32)21(36-26(29)35)16-18-9-7-12-20(15-18)34-3/h4-7,9-12,15-16H,8,13-14H2,1-3H3,(H,27,31)/b21-16-. The van der Waals surface area contributed by atoms with Gasteiger partial charge in [0, 0.05) is 20.0 Å². The first-order valence-electron chi connectivity index (χ1n) is 11.3. The van der Waals surface area contributed by atoms with E-state index >= 15 is 0 Å². The number of benzene rings is 2. The van der Waals surface area contributed by atoms with E-state index in [-0.39, 0.29) is 29.5 Å². The van der Waals surface area contributed by atoms with E-state index in [2.05, 4.69) is 5.32 Å². The molecule has 186 valence electrons. The number of thioether (sulfide) groups is 1. The number of thiocarbonyl (C=S) groups is 1. The second-order valence-corrected chi connectivity index (χ2v) is 9.87. The molecule has 1 aliphatic rings. The van der Waals surface area contributed by atoms with Gasteiger partial charge in [-0.05, 0) is 49.2 Å². The Labute approximate surface area is 218 Å². The maximum Gasteiger partial charge on any atom is 0.295 e. The predicted molar refractivity (Wildman–Crippen MR) is 146 cm³/mol. The van der Waals surface area contributed by atoms with Crippen LogP contribution in [0.25, 0.3) is 11.8 Å². The van der Waals surface area contributed by atoms with Crippen molar-refractivity contribution >= 4 is 51.9 Å². The highest BCUT2D eigenvalue weighted by Crippen LogP contribution is 2.33. The molecule has 1 fully saturated rings. The molecule has 8 nitrogen and oxygen atoms in total. The molecular formula is C26H26N4O4S2. The van der Waals surface area contributed by atoms with Crippen molar-refractivity contribution in [1.29, 1.82) is 0 Å². The number of nitrogens with one attached hydrogen (secondary N) is 1. The zero-order valence-electron chi connectivity index (χ0n) is 20.2. The summed E-state index contributed by atoms with van der Waals surface area (Å²) in [6.07, 6.45) is 2.33. The number of anilines is 1. The summed E-state index contributed by atoms with van der Waals surface area (Å²) in [4.78, 5) is 40.5. The monoisotopic (exact) mass is 522 g/mol. The van der Waals surface area contributed by atoms with Crippen molar-refractivity contribution in [2.24, 2.45) is 7.05 Å². The predicted octanol–water partition coefficient (Wildman–Crippen LogP) is 4.11. The highest BCUT2D eigenvalue weighted by Gasteiger charge is 2.31. The Kier molecular flexibility index (Phi) is 7.76. The number of carbonyl (C=O) groups excluding carboxylic acids is 2. The van der Waals surface area contributed by atoms with Gasteiger partial charge in [-0.1, -0.05) is 54.3 Å². The fraction of sp³-hybridized carbons (Fsp3) is 0.231. The lowest BCUT2D eigenvalue weighted by Crippen LogP contribution is -2.30. The summed E-state index contributed by atoms with van der Waals surface area (Å²) in [5, 5.41) is 2.75. The van der Waals surface area contributed by atoms with Crippen LogP contribution in [0.1, 0.15) is 24.1 Å². The van der Waals surface area contributed by atoms with Gasteiger partial charge in [0.2, 0.25) is 5.91 Å². The third kappa shape index (κ3) is 5.29. The van der Waals surface area contributed by atoms with Crippen molar-refractivity contribution in [3.63, 3.8) is 0 Å². The van der Waals surface area contributed by atoms with E-state index in [4.69, 9.17) is 17.0 Å². The quantitative estimate of drug-likeness (QED) is 0.354. The van der Waals surface area contributed by atoms with Gasteiger partial charge in [0.05, 0.1) is 23.4 Å². The van der Waals surface area contributed by atoms with Crippen molar-refractivity contribution in [2.45, 2.75) is 19.8 Å². The van der Waals surface area contributed by atoms with E-state index in [1.54, 1.807) is 31.8 Å². The largest absolute Gasteiger partial charge is 0.497 e. The van der Waals surface area contributed by atoms with Crippen molar-refractivity contribution in [1.82, 2.24) is 14.3 Å². The second-order valence-electron chi connectivity index (χ2n) is 8.20. The average Bonchev–Trinajstić information content (AvgIpc) is 3.26. The minimum absolute atomic E-state index is 0.144. The van der Waals surface area contributed by atoms with Gasteiger partial charge in [-0.15, -0.1) is 0 Å². The molecular weight excluding hydrogens is 496 g/mol. The van der Waals surface area contributed by atoms with E-state index in [0.29, 0.717) is 39.3 Å². The van der Waals surface area contributed by atoms with Gasteiger partial charge in [0.15, 0.2) is 0 Å². The summed E-state index contributed by atoms with van der Waals surface area (Å²) >= 11 is 6.63. The molecule has 0 atom stereocenters. The Morgan fingerprint density at radius 2 is 1.89 bits per heavy atom. The number of rotatable bonds is 8. The lowest BCUT2D eigenvalue weighted by atomic mass is 10.2. The Morgan fingerprint density at radius 3 is 2.61 bits per heavy atom. The molecule has 0 unspecified atom stereocenters. The lowest BCUT2D eigenvalue weighted by Gasteiger charge is -2.14. The van der Waals surface area contributed by atoms with Crippen LogP contribution in [0.2, 0.25) is 0 Å². The van der Waals surface area contributed by atoms with E-state index in [1.807, 2.05) is 54.6 Å². The zero-order valence-corrected chi connectivity index (χ0v) is 21.8. The number of para-hydroxylation sites is 1. The molecule has 0 saturated carbocycles. The molecule has 2 amide bonds. The van der Waals surface area contributed by atoms with Gasteiger partial charge >= 0.3 is 0 Å². The molecule has 0 aliphatic carbocycles. The third-order valence-electron chi connectivity index (χ3n) is 5.87. The van der Waals surface area contributed by atoms with Crippen LogP contribution in [0.15, 0.2) is 64.3 Å². The van der Waals surface area contributed by atoms with Crippen LogP contribution in [0, 0.1) is 6.92 Å². The molecule has 3 aromatic rings. The number of hydrogen-bond acceptors (Lipinski definition) is 6. The van der Waals surface area contributed by atoms with Gasteiger partial charge in [-0.25, -0.2) is 4.68 Å². The molecule has 36 heavy (non-hydrogen) atoms. The highest BCUT2D eigenvalue weighted by atomic mass is 32.2. The Balaban J connectivity index is 1.37. The van der Waals surface area contributed by atoms with Crippen molar-refractivity contribution < 1.29 is 14.3 Å². The van der Waals surface area contributed by atoms with Crippen LogP contribution in [0.5, 0.6) is 5.75 Å². The van der Waals surface area contributed by atoms with Crippen LogP contribution >= 0.6 is 24.0 Å². The third-order valence-corrected chi connectivity index (χ3v) is 7.25. The van der Waals surface area contributed by atoms with E-state index in [9.17, 15) is 14.4 Å². The number of amides is 2. The fourth-order valence-corrected chi connectivity index (χ4v) is 5.20. The van der Waals surface area contributed by atoms with Gasteiger partial charge in [0.1, 0.15) is 15.8 Å². The summed E-state index contributed by atoms with van der Waals surface area (Å²) in [5.41, 5.74) is 2.16. The molecule has 1 N–H and O–H groups in total. The molecule has 2 aromatic carbocycles.